The minimum Gasteiger partial charge on any atom is -0.383 e. The van der Waals surface area contributed by atoms with Crippen LogP contribution in [-0.4, -0.2) is 42.7 Å². The van der Waals surface area contributed by atoms with Crippen molar-refractivity contribution in [3.63, 3.8) is 0 Å². The van der Waals surface area contributed by atoms with Crippen LogP contribution < -0.4 is 5.32 Å². The summed E-state index contributed by atoms with van der Waals surface area (Å²) in [6, 6.07) is 6.79. The van der Waals surface area contributed by atoms with Crippen LogP contribution in [0, 0.1) is 5.92 Å². The van der Waals surface area contributed by atoms with E-state index in [0.717, 1.165) is 44.2 Å². The van der Waals surface area contributed by atoms with E-state index in [1.54, 1.807) is 7.11 Å². The first-order valence-electron chi connectivity index (χ1n) is 7.91. The van der Waals surface area contributed by atoms with Crippen molar-refractivity contribution in [1.82, 2.24) is 15.2 Å². The highest BCUT2D eigenvalue weighted by molar-refractivity contribution is 5.11. The summed E-state index contributed by atoms with van der Waals surface area (Å²) < 4.78 is 5.19. The molecule has 0 radical (unpaired) electrons. The average molecular weight is 293 g/mol. The molecule has 120 valence electrons. The molecular weight excluding hydrogens is 262 g/mol. The minimum absolute atomic E-state index is 0.490. The van der Waals surface area contributed by atoms with Gasteiger partial charge in [0.15, 0.2) is 0 Å². The van der Waals surface area contributed by atoms with Crippen LogP contribution in [0.5, 0.6) is 0 Å². The Morgan fingerprint density at radius 3 is 2.52 bits per heavy atom. The Labute approximate surface area is 129 Å². The normalized spacial score (nSPS) is 11.8. The average Bonchev–Trinajstić information content (AvgIpc) is 2.43. The van der Waals surface area contributed by atoms with Gasteiger partial charge >= 0.3 is 0 Å². The zero-order chi connectivity index (χ0) is 15.7. The molecule has 0 atom stereocenters. The van der Waals surface area contributed by atoms with E-state index in [9.17, 15) is 0 Å². The molecule has 0 aliphatic carbocycles. The molecule has 21 heavy (non-hydrogen) atoms. The second-order valence-electron chi connectivity index (χ2n) is 6.20. The van der Waals surface area contributed by atoms with Gasteiger partial charge in [0.25, 0.3) is 0 Å². The van der Waals surface area contributed by atoms with E-state index in [0.29, 0.717) is 12.0 Å². The van der Waals surface area contributed by atoms with E-state index < -0.39 is 0 Å². The quantitative estimate of drug-likeness (QED) is 0.720. The molecule has 0 fully saturated rings. The number of nitrogens with zero attached hydrogens (tertiary/aromatic N) is 2. The van der Waals surface area contributed by atoms with Crippen molar-refractivity contribution in [2.24, 2.45) is 5.92 Å². The highest BCUT2D eigenvalue weighted by Crippen LogP contribution is 2.07. The molecule has 0 saturated heterocycles. The number of nitrogens with one attached hydrogen (secondary N) is 1. The number of pyridine rings is 1. The SMILES string of the molecule is COCCN(Cc1cccc(CNCC(C)C)n1)C(C)C. The Balaban J connectivity index is 2.57. The summed E-state index contributed by atoms with van der Waals surface area (Å²) in [5.74, 6) is 0.665. The summed E-state index contributed by atoms with van der Waals surface area (Å²) in [5.41, 5.74) is 2.24. The van der Waals surface area contributed by atoms with Crippen LogP contribution in [0.1, 0.15) is 39.1 Å². The minimum atomic E-state index is 0.490. The van der Waals surface area contributed by atoms with Crippen LogP contribution in [0.15, 0.2) is 18.2 Å². The zero-order valence-corrected chi connectivity index (χ0v) is 14.2. The van der Waals surface area contributed by atoms with Gasteiger partial charge in [-0.25, -0.2) is 0 Å². The first-order chi connectivity index (χ1) is 10.0. The van der Waals surface area contributed by atoms with Crippen LogP contribution in [0.3, 0.4) is 0 Å². The van der Waals surface area contributed by atoms with Gasteiger partial charge in [0.05, 0.1) is 18.0 Å². The standard InChI is InChI=1S/C17H31N3O/c1-14(2)11-18-12-16-7-6-8-17(19-16)13-20(15(3)4)9-10-21-5/h6-8,14-15,18H,9-13H2,1-5H3. The Kier molecular flexibility index (Phi) is 8.50. The van der Waals surface area contributed by atoms with Crippen molar-refractivity contribution in [2.45, 2.75) is 46.8 Å². The third-order valence-corrected chi connectivity index (χ3v) is 3.40. The molecule has 0 bridgehead atoms. The number of aromatic nitrogens is 1. The predicted octanol–water partition coefficient (Wildman–Crippen LogP) is 2.68. The van der Waals surface area contributed by atoms with Gasteiger partial charge in [-0.2, -0.15) is 0 Å². The van der Waals surface area contributed by atoms with E-state index in [1.807, 2.05) is 0 Å². The molecule has 1 aromatic rings. The van der Waals surface area contributed by atoms with Crippen molar-refractivity contribution in [2.75, 3.05) is 26.8 Å². The second-order valence-corrected chi connectivity index (χ2v) is 6.20. The summed E-state index contributed by atoms with van der Waals surface area (Å²) in [7, 11) is 1.75. The van der Waals surface area contributed by atoms with E-state index in [2.05, 4.69) is 56.1 Å². The smallest absolute Gasteiger partial charge is 0.0589 e. The van der Waals surface area contributed by atoms with Crippen molar-refractivity contribution >= 4 is 0 Å². The molecule has 0 aromatic carbocycles. The van der Waals surface area contributed by atoms with Gasteiger partial charge in [0.1, 0.15) is 0 Å². The maximum absolute atomic E-state index is 5.19. The summed E-state index contributed by atoms with van der Waals surface area (Å²) in [4.78, 5) is 7.14. The molecule has 0 saturated carbocycles. The predicted molar refractivity (Wildman–Crippen MR) is 88.2 cm³/mol. The Morgan fingerprint density at radius 1 is 1.19 bits per heavy atom. The molecular formula is C17H31N3O. The number of ether oxygens (including phenoxy) is 1. The molecule has 1 aromatic heterocycles. The maximum Gasteiger partial charge on any atom is 0.0589 e. The number of hydrogen-bond acceptors (Lipinski definition) is 4. The molecule has 1 heterocycles. The van der Waals surface area contributed by atoms with Crippen LogP contribution in [0.25, 0.3) is 0 Å². The van der Waals surface area contributed by atoms with Gasteiger partial charge in [-0.1, -0.05) is 19.9 Å². The van der Waals surface area contributed by atoms with Crippen molar-refractivity contribution in [1.29, 1.82) is 0 Å². The number of rotatable bonds is 10. The highest BCUT2D eigenvalue weighted by Gasteiger charge is 2.10. The van der Waals surface area contributed by atoms with E-state index in [1.165, 1.54) is 0 Å². The Hall–Kier alpha value is -0.970. The van der Waals surface area contributed by atoms with Gasteiger partial charge in [0.2, 0.25) is 0 Å². The lowest BCUT2D eigenvalue weighted by atomic mass is 10.2. The fourth-order valence-electron chi connectivity index (χ4n) is 2.14. The molecule has 0 aliphatic heterocycles. The lowest BCUT2D eigenvalue weighted by Gasteiger charge is -2.25. The first kappa shape index (κ1) is 18.1. The summed E-state index contributed by atoms with van der Waals surface area (Å²) >= 11 is 0. The summed E-state index contributed by atoms with van der Waals surface area (Å²) in [6.07, 6.45) is 0. The largest absolute Gasteiger partial charge is 0.383 e. The van der Waals surface area contributed by atoms with E-state index >= 15 is 0 Å². The molecule has 4 heteroatoms. The van der Waals surface area contributed by atoms with Gasteiger partial charge in [-0.05, 0) is 38.4 Å². The lowest BCUT2D eigenvalue weighted by molar-refractivity contribution is 0.124. The zero-order valence-electron chi connectivity index (χ0n) is 14.2. The number of hydrogen-bond donors (Lipinski definition) is 1. The fraction of sp³-hybridized carbons (Fsp3) is 0.706. The van der Waals surface area contributed by atoms with Crippen molar-refractivity contribution < 1.29 is 4.74 Å². The van der Waals surface area contributed by atoms with Crippen LogP contribution in [0.4, 0.5) is 0 Å². The molecule has 1 N–H and O–H groups in total. The Bertz CT molecular complexity index is 393. The molecule has 0 spiro atoms. The van der Waals surface area contributed by atoms with Crippen LogP contribution >= 0.6 is 0 Å². The van der Waals surface area contributed by atoms with E-state index in [-0.39, 0.29) is 0 Å². The van der Waals surface area contributed by atoms with Gasteiger partial charge in [-0.15, -0.1) is 0 Å². The third-order valence-electron chi connectivity index (χ3n) is 3.40. The molecule has 4 nitrogen and oxygen atoms in total. The summed E-state index contributed by atoms with van der Waals surface area (Å²) in [5, 5.41) is 3.44. The monoisotopic (exact) mass is 293 g/mol. The van der Waals surface area contributed by atoms with Gasteiger partial charge in [0, 0.05) is 32.8 Å². The topological polar surface area (TPSA) is 37.4 Å². The molecule has 1 rings (SSSR count). The van der Waals surface area contributed by atoms with Crippen LogP contribution in [-0.2, 0) is 17.8 Å². The molecule has 0 amide bonds. The number of methoxy groups -OCH3 is 1. The first-order valence-corrected chi connectivity index (χ1v) is 7.91. The van der Waals surface area contributed by atoms with Gasteiger partial charge < -0.3 is 10.1 Å². The molecule has 0 unspecified atom stereocenters. The van der Waals surface area contributed by atoms with E-state index in [4.69, 9.17) is 9.72 Å². The van der Waals surface area contributed by atoms with Crippen molar-refractivity contribution in [3.05, 3.63) is 29.6 Å². The fourth-order valence-corrected chi connectivity index (χ4v) is 2.14. The third kappa shape index (κ3) is 7.55. The second kappa shape index (κ2) is 9.87. The maximum atomic E-state index is 5.19. The lowest BCUT2D eigenvalue weighted by Crippen LogP contribution is -2.33. The van der Waals surface area contributed by atoms with Crippen molar-refractivity contribution in [3.8, 4) is 0 Å². The summed E-state index contributed by atoms with van der Waals surface area (Å²) in [6.45, 7) is 13.3. The molecule has 0 aliphatic rings. The van der Waals surface area contributed by atoms with Crippen LogP contribution in [0.2, 0.25) is 0 Å². The van der Waals surface area contributed by atoms with Gasteiger partial charge in [-0.3, -0.25) is 9.88 Å². The Morgan fingerprint density at radius 2 is 1.90 bits per heavy atom. The highest BCUT2D eigenvalue weighted by atomic mass is 16.5.